The normalized spacial score (nSPS) is 17.3. The van der Waals surface area contributed by atoms with Crippen molar-refractivity contribution in [2.24, 2.45) is 0 Å². The maximum atomic E-state index is 13.0. The van der Waals surface area contributed by atoms with Crippen LogP contribution < -0.4 is 19.1 Å². The Morgan fingerprint density at radius 3 is 2.45 bits per heavy atom. The Kier molecular flexibility index (Phi) is 7.45. The van der Waals surface area contributed by atoms with E-state index in [0.717, 1.165) is 67.8 Å². The van der Waals surface area contributed by atoms with Gasteiger partial charge in [0.25, 0.3) is 0 Å². The topological polar surface area (TPSA) is 34.2 Å². The molecular formula is C24H31FN2O3S. The summed E-state index contributed by atoms with van der Waals surface area (Å²) in [4.78, 5) is 5.08. The highest BCUT2D eigenvalue weighted by Gasteiger charge is 2.29. The first-order chi connectivity index (χ1) is 15.2. The van der Waals surface area contributed by atoms with Crippen LogP contribution in [0.15, 0.2) is 36.4 Å². The van der Waals surface area contributed by atoms with Crippen LogP contribution in [-0.2, 0) is 5.75 Å². The molecule has 2 aliphatic rings. The minimum absolute atomic E-state index is 0.234. The zero-order valence-corrected chi connectivity index (χ0v) is 19.1. The molecule has 0 saturated carbocycles. The third kappa shape index (κ3) is 5.39. The van der Waals surface area contributed by atoms with Gasteiger partial charge in [-0.2, -0.15) is 0 Å². The van der Waals surface area contributed by atoms with Crippen LogP contribution in [-0.4, -0.2) is 57.3 Å². The van der Waals surface area contributed by atoms with E-state index in [1.807, 2.05) is 11.8 Å². The molecule has 0 aliphatic carbocycles. The van der Waals surface area contributed by atoms with E-state index < -0.39 is 0 Å². The number of hydrogen-bond donors (Lipinski definition) is 0. The molecule has 31 heavy (non-hydrogen) atoms. The van der Waals surface area contributed by atoms with Gasteiger partial charge in [-0.25, -0.2) is 4.39 Å². The lowest BCUT2D eigenvalue weighted by Gasteiger charge is -2.42. The fourth-order valence-electron chi connectivity index (χ4n) is 4.38. The van der Waals surface area contributed by atoms with Crippen LogP contribution in [0.5, 0.6) is 17.2 Å². The summed E-state index contributed by atoms with van der Waals surface area (Å²) in [5.74, 6) is 4.15. The second-order valence-electron chi connectivity index (χ2n) is 8.01. The lowest BCUT2D eigenvalue weighted by atomic mass is 10.0. The molecule has 2 heterocycles. The smallest absolute Gasteiger partial charge is 0.162 e. The van der Waals surface area contributed by atoms with E-state index in [4.69, 9.17) is 14.2 Å². The van der Waals surface area contributed by atoms with Gasteiger partial charge in [-0.05, 0) is 55.2 Å². The zero-order chi connectivity index (χ0) is 21.6. The van der Waals surface area contributed by atoms with Crippen molar-refractivity contribution in [3.05, 3.63) is 47.8 Å². The molecule has 7 heteroatoms. The van der Waals surface area contributed by atoms with Crippen molar-refractivity contribution in [2.75, 3.05) is 51.2 Å². The number of halogens is 1. The maximum absolute atomic E-state index is 13.0. The molecular weight excluding hydrogens is 415 g/mol. The standard InChI is InChI=1S/C24H31FN2O3S/c1-28-23-14-18-16-31-17-27(22(18)15-24(23)29-2)20-8-11-26(12-9-20)10-3-13-30-21-6-4-19(25)5-7-21/h4-7,14-15,20H,3,8-13,16-17H2,1-2H3. The predicted octanol–water partition coefficient (Wildman–Crippen LogP) is 4.79. The Hall–Kier alpha value is -2.12. The summed E-state index contributed by atoms with van der Waals surface area (Å²) in [7, 11) is 3.39. The highest BCUT2D eigenvalue weighted by Crippen LogP contribution is 2.42. The molecule has 1 fully saturated rings. The lowest BCUT2D eigenvalue weighted by Crippen LogP contribution is -2.46. The molecule has 0 N–H and O–H groups in total. The number of piperidine rings is 1. The molecule has 168 valence electrons. The molecule has 4 rings (SSSR count). The Morgan fingerprint density at radius 1 is 1.03 bits per heavy atom. The van der Waals surface area contributed by atoms with Crippen LogP contribution in [0, 0.1) is 5.82 Å². The fourth-order valence-corrected chi connectivity index (χ4v) is 5.47. The van der Waals surface area contributed by atoms with Crippen LogP contribution in [0.3, 0.4) is 0 Å². The molecule has 0 aromatic heterocycles. The van der Waals surface area contributed by atoms with Crippen molar-refractivity contribution >= 4 is 17.4 Å². The van der Waals surface area contributed by atoms with Crippen LogP contribution in [0.2, 0.25) is 0 Å². The third-order valence-electron chi connectivity index (χ3n) is 6.08. The third-order valence-corrected chi connectivity index (χ3v) is 7.06. The van der Waals surface area contributed by atoms with E-state index in [-0.39, 0.29) is 5.82 Å². The summed E-state index contributed by atoms with van der Waals surface area (Å²) in [6.07, 6.45) is 3.29. The van der Waals surface area contributed by atoms with E-state index in [1.165, 1.54) is 23.4 Å². The molecule has 5 nitrogen and oxygen atoms in total. The summed E-state index contributed by atoms with van der Waals surface area (Å²) in [5, 5.41) is 0. The number of fused-ring (bicyclic) bond motifs is 1. The van der Waals surface area contributed by atoms with Crippen molar-refractivity contribution in [3.8, 4) is 17.2 Å². The number of ether oxygens (including phenoxy) is 3. The summed E-state index contributed by atoms with van der Waals surface area (Å²) >= 11 is 1.96. The first-order valence-corrected chi connectivity index (χ1v) is 12.0. The zero-order valence-electron chi connectivity index (χ0n) is 18.3. The Labute approximate surface area is 188 Å². The van der Waals surface area contributed by atoms with Crippen molar-refractivity contribution in [1.29, 1.82) is 0 Å². The first kappa shape index (κ1) is 22.1. The molecule has 2 aromatic carbocycles. The van der Waals surface area contributed by atoms with Gasteiger partial charge in [0.1, 0.15) is 11.6 Å². The van der Waals surface area contributed by atoms with Gasteiger partial charge in [0, 0.05) is 43.2 Å². The van der Waals surface area contributed by atoms with Crippen LogP contribution in [0.1, 0.15) is 24.8 Å². The van der Waals surface area contributed by atoms with E-state index in [0.29, 0.717) is 12.6 Å². The van der Waals surface area contributed by atoms with Crippen LogP contribution in [0.4, 0.5) is 10.1 Å². The maximum Gasteiger partial charge on any atom is 0.162 e. The molecule has 0 atom stereocenters. The average molecular weight is 447 g/mol. The van der Waals surface area contributed by atoms with Gasteiger partial charge in [0.2, 0.25) is 0 Å². The summed E-state index contributed by atoms with van der Waals surface area (Å²) < 4.78 is 29.7. The Bertz CT molecular complexity index is 857. The quantitative estimate of drug-likeness (QED) is 0.543. The average Bonchev–Trinajstić information content (AvgIpc) is 2.82. The van der Waals surface area contributed by atoms with E-state index >= 15 is 0 Å². The number of rotatable bonds is 8. The number of anilines is 1. The van der Waals surface area contributed by atoms with Crippen molar-refractivity contribution in [1.82, 2.24) is 4.90 Å². The molecule has 0 amide bonds. The molecule has 0 unspecified atom stereocenters. The molecule has 1 saturated heterocycles. The SMILES string of the molecule is COc1cc2c(cc1OC)N(C1CCN(CCCOc3ccc(F)cc3)CC1)CSC2. The second kappa shape index (κ2) is 10.5. The molecule has 2 aliphatic heterocycles. The number of thioether (sulfide) groups is 1. The van der Waals surface area contributed by atoms with Gasteiger partial charge in [-0.15, -0.1) is 11.8 Å². The van der Waals surface area contributed by atoms with Gasteiger partial charge in [0.15, 0.2) is 11.5 Å². The minimum atomic E-state index is -0.234. The number of nitrogens with zero attached hydrogens (tertiary/aromatic N) is 2. The monoisotopic (exact) mass is 446 g/mol. The molecule has 0 spiro atoms. The highest BCUT2D eigenvalue weighted by atomic mass is 32.2. The van der Waals surface area contributed by atoms with Crippen LogP contribution in [0.25, 0.3) is 0 Å². The van der Waals surface area contributed by atoms with E-state index in [9.17, 15) is 4.39 Å². The van der Waals surface area contributed by atoms with E-state index in [2.05, 4.69) is 21.9 Å². The first-order valence-electron chi connectivity index (χ1n) is 10.9. The Balaban J connectivity index is 1.27. The number of likely N-dealkylation sites (tertiary alicyclic amines) is 1. The van der Waals surface area contributed by atoms with Crippen molar-refractivity contribution in [2.45, 2.75) is 31.1 Å². The Morgan fingerprint density at radius 2 is 1.74 bits per heavy atom. The van der Waals surface area contributed by atoms with Gasteiger partial charge in [-0.3, -0.25) is 0 Å². The number of methoxy groups -OCH3 is 2. The fraction of sp³-hybridized carbons (Fsp3) is 0.500. The van der Waals surface area contributed by atoms with Crippen LogP contribution >= 0.6 is 11.8 Å². The molecule has 2 aromatic rings. The lowest BCUT2D eigenvalue weighted by molar-refractivity contribution is 0.191. The van der Waals surface area contributed by atoms with Gasteiger partial charge in [0.05, 0.1) is 26.7 Å². The largest absolute Gasteiger partial charge is 0.494 e. The molecule has 0 radical (unpaired) electrons. The number of hydrogen-bond acceptors (Lipinski definition) is 6. The van der Waals surface area contributed by atoms with Gasteiger partial charge >= 0.3 is 0 Å². The molecule has 0 bridgehead atoms. The highest BCUT2D eigenvalue weighted by molar-refractivity contribution is 7.98. The van der Waals surface area contributed by atoms with Gasteiger partial charge < -0.3 is 24.0 Å². The van der Waals surface area contributed by atoms with Gasteiger partial charge in [-0.1, -0.05) is 0 Å². The van der Waals surface area contributed by atoms with Crippen molar-refractivity contribution < 1.29 is 18.6 Å². The predicted molar refractivity (Wildman–Crippen MR) is 124 cm³/mol. The second-order valence-corrected chi connectivity index (χ2v) is 8.97. The minimum Gasteiger partial charge on any atom is -0.494 e. The summed E-state index contributed by atoms with van der Waals surface area (Å²) in [6.45, 7) is 3.89. The number of benzene rings is 2. The van der Waals surface area contributed by atoms with Crippen molar-refractivity contribution in [3.63, 3.8) is 0 Å². The summed E-state index contributed by atoms with van der Waals surface area (Å²) in [5.41, 5.74) is 2.62. The van der Waals surface area contributed by atoms with E-state index in [1.54, 1.807) is 26.4 Å². The summed E-state index contributed by atoms with van der Waals surface area (Å²) in [6, 6.07) is 11.1.